The van der Waals surface area contributed by atoms with Gasteiger partial charge in [0.1, 0.15) is 25.9 Å². The molecule has 0 saturated heterocycles. The summed E-state index contributed by atoms with van der Waals surface area (Å²) in [6, 6.07) is 21.0. The van der Waals surface area contributed by atoms with Gasteiger partial charge in [0, 0.05) is 0 Å². The largest absolute Gasteiger partial charge is 0.457 e. The molecule has 5 rings (SSSR count). The zero-order valence-corrected chi connectivity index (χ0v) is 18.7. The maximum Gasteiger partial charge on any atom is 0.340 e. The summed E-state index contributed by atoms with van der Waals surface area (Å²) in [6.07, 6.45) is 2.80. The third kappa shape index (κ3) is 4.97. The molecule has 0 fully saturated rings. The Kier molecular flexibility index (Phi) is 6.47. The highest BCUT2D eigenvalue weighted by Gasteiger charge is 2.16. The quantitative estimate of drug-likeness (QED) is 0.303. The molecule has 0 saturated carbocycles. The molecule has 0 amide bonds. The smallest absolute Gasteiger partial charge is 0.340 e. The van der Waals surface area contributed by atoms with Crippen LogP contribution in [0.15, 0.2) is 85.5 Å². The molecule has 0 aliphatic heterocycles. The fourth-order valence-electron chi connectivity index (χ4n) is 3.50. The van der Waals surface area contributed by atoms with E-state index in [0.717, 1.165) is 11.1 Å². The second kappa shape index (κ2) is 10.3. The molecule has 178 valence electrons. The van der Waals surface area contributed by atoms with Crippen LogP contribution in [0.25, 0.3) is 11.4 Å². The topological polar surface area (TPSA) is 140 Å². The van der Waals surface area contributed by atoms with E-state index in [0.29, 0.717) is 22.5 Å². The number of tetrazole rings is 2. The highest BCUT2D eigenvalue weighted by atomic mass is 16.5. The molecule has 0 atom stereocenters. The fourth-order valence-corrected chi connectivity index (χ4v) is 3.50. The Hall–Kier alpha value is -5.26. The van der Waals surface area contributed by atoms with Crippen molar-refractivity contribution in [1.29, 1.82) is 0 Å². The summed E-state index contributed by atoms with van der Waals surface area (Å²) >= 11 is 0. The molecule has 0 spiro atoms. The van der Waals surface area contributed by atoms with Crippen molar-refractivity contribution in [2.75, 3.05) is 0 Å². The SMILES string of the molecule is O=C(OCc1cccc(COC(=O)c2ccccc2-n2cnnn2)c1)c1ccccc1-n1cnnn1. The molecule has 12 nitrogen and oxygen atoms in total. The standard InChI is InChI=1S/C24H18N8O4/c33-23(19-8-1-3-10-21(19)31-15-25-27-29-31)35-13-17-6-5-7-18(12-17)14-36-24(34)20-9-2-4-11-22(20)32-16-26-28-30-32/h1-12,15-16H,13-14H2. The average molecular weight is 482 g/mol. The average Bonchev–Trinajstić information content (AvgIpc) is 3.66. The Morgan fingerprint density at radius 1 is 0.639 bits per heavy atom. The summed E-state index contributed by atoms with van der Waals surface area (Å²) in [7, 11) is 0. The van der Waals surface area contributed by atoms with E-state index in [2.05, 4.69) is 31.1 Å². The Bertz CT molecular complexity index is 1380. The summed E-state index contributed by atoms with van der Waals surface area (Å²) in [4.78, 5) is 25.5. The van der Waals surface area contributed by atoms with Crippen LogP contribution in [0, 0.1) is 0 Å². The van der Waals surface area contributed by atoms with Gasteiger partial charge in [0.25, 0.3) is 0 Å². The van der Waals surface area contributed by atoms with Gasteiger partial charge < -0.3 is 9.47 Å². The number of carbonyl (C=O) groups excluding carboxylic acids is 2. The molecule has 12 heteroatoms. The van der Waals surface area contributed by atoms with Crippen molar-refractivity contribution >= 4 is 11.9 Å². The van der Waals surface area contributed by atoms with E-state index in [1.54, 1.807) is 60.7 Å². The molecule has 0 aliphatic carbocycles. The lowest BCUT2D eigenvalue weighted by molar-refractivity contribution is 0.0471. The highest BCUT2D eigenvalue weighted by Crippen LogP contribution is 2.17. The van der Waals surface area contributed by atoms with E-state index in [9.17, 15) is 9.59 Å². The number of carbonyl (C=O) groups is 2. The Balaban J connectivity index is 1.22. The van der Waals surface area contributed by atoms with Crippen LogP contribution in [0.2, 0.25) is 0 Å². The third-order valence-corrected chi connectivity index (χ3v) is 5.17. The molecule has 0 N–H and O–H groups in total. The maximum atomic E-state index is 12.7. The van der Waals surface area contributed by atoms with Crippen molar-refractivity contribution in [3.63, 3.8) is 0 Å². The number of rotatable bonds is 8. The van der Waals surface area contributed by atoms with Gasteiger partial charge in [-0.15, -0.1) is 10.2 Å². The zero-order valence-electron chi connectivity index (χ0n) is 18.7. The summed E-state index contributed by atoms with van der Waals surface area (Å²) < 4.78 is 13.8. The van der Waals surface area contributed by atoms with Gasteiger partial charge >= 0.3 is 11.9 Å². The monoisotopic (exact) mass is 482 g/mol. The predicted octanol–water partition coefficient (Wildman–Crippen LogP) is 2.35. The van der Waals surface area contributed by atoms with Crippen LogP contribution in [0.4, 0.5) is 0 Å². The minimum absolute atomic E-state index is 0.0344. The van der Waals surface area contributed by atoms with Crippen molar-refractivity contribution in [3.05, 3.63) is 108 Å². The number of esters is 2. The summed E-state index contributed by atoms with van der Waals surface area (Å²) in [5, 5.41) is 22.1. The van der Waals surface area contributed by atoms with Crippen LogP contribution in [-0.2, 0) is 22.7 Å². The Morgan fingerprint density at radius 3 is 1.56 bits per heavy atom. The molecule has 0 bridgehead atoms. The van der Waals surface area contributed by atoms with Gasteiger partial charge in [-0.3, -0.25) is 0 Å². The number of hydrogen-bond acceptors (Lipinski definition) is 10. The minimum Gasteiger partial charge on any atom is -0.457 e. The van der Waals surface area contributed by atoms with Gasteiger partial charge in [-0.1, -0.05) is 42.5 Å². The molecule has 0 aliphatic rings. The summed E-state index contributed by atoms with van der Waals surface area (Å²) in [5.41, 5.74) is 3.16. The van der Waals surface area contributed by atoms with E-state index < -0.39 is 11.9 Å². The van der Waals surface area contributed by atoms with Gasteiger partial charge in [-0.05, 0) is 62.3 Å². The van der Waals surface area contributed by atoms with Gasteiger partial charge in [0.05, 0.1) is 22.5 Å². The first-order valence-corrected chi connectivity index (χ1v) is 10.8. The Labute approximate surface area is 204 Å². The van der Waals surface area contributed by atoms with E-state index in [4.69, 9.17) is 9.47 Å². The van der Waals surface area contributed by atoms with E-state index in [1.807, 2.05) is 12.1 Å². The third-order valence-electron chi connectivity index (χ3n) is 5.17. The first-order chi connectivity index (χ1) is 17.7. The maximum absolute atomic E-state index is 12.7. The lowest BCUT2D eigenvalue weighted by Crippen LogP contribution is -2.11. The molecule has 36 heavy (non-hydrogen) atoms. The number of benzene rings is 3. The second-order valence-corrected chi connectivity index (χ2v) is 7.52. The van der Waals surface area contributed by atoms with Crippen LogP contribution in [0.3, 0.4) is 0 Å². The molecular formula is C24H18N8O4. The second-order valence-electron chi connectivity index (χ2n) is 7.52. The van der Waals surface area contributed by atoms with Crippen LogP contribution >= 0.6 is 0 Å². The molecule has 3 aromatic carbocycles. The normalized spacial score (nSPS) is 10.7. The number of nitrogens with zero attached hydrogens (tertiary/aromatic N) is 8. The number of ether oxygens (including phenoxy) is 2. The lowest BCUT2D eigenvalue weighted by atomic mass is 10.1. The van der Waals surface area contributed by atoms with Crippen LogP contribution in [-0.4, -0.2) is 52.4 Å². The fraction of sp³-hybridized carbons (Fsp3) is 0.0833. The minimum atomic E-state index is -0.517. The van der Waals surface area contributed by atoms with Gasteiger partial charge in [0.2, 0.25) is 0 Å². The van der Waals surface area contributed by atoms with E-state index >= 15 is 0 Å². The van der Waals surface area contributed by atoms with Crippen molar-refractivity contribution < 1.29 is 19.1 Å². The zero-order chi connectivity index (χ0) is 24.7. The predicted molar refractivity (Wildman–Crippen MR) is 123 cm³/mol. The van der Waals surface area contributed by atoms with Gasteiger partial charge in [-0.2, -0.15) is 9.36 Å². The number of para-hydroxylation sites is 2. The van der Waals surface area contributed by atoms with Crippen molar-refractivity contribution in [2.24, 2.45) is 0 Å². The van der Waals surface area contributed by atoms with Crippen molar-refractivity contribution in [2.45, 2.75) is 13.2 Å². The highest BCUT2D eigenvalue weighted by molar-refractivity contribution is 5.94. The van der Waals surface area contributed by atoms with Gasteiger partial charge in [0.15, 0.2) is 0 Å². The first-order valence-electron chi connectivity index (χ1n) is 10.8. The summed E-state index contributed by atoms with van der Waals surface area (Å²) in [6.45, 7) is 0.0688. The summed E-state index contributed by atoms with van der Waals surface area (Å²) in [5.74, 6) is -1.03. The molecule has 2 aromatic heterocycles. The van der Waals surface area contributed by atoms with Crippen LogP contribution in [0.5, 0.6) is 0 Å². The lowest BCUT2D eigenvalue weighted by Gasteiger charge is -2.11. The number of aromatic nitrogens is 8. The van der Waals surface area contributed by atoms with Gasteiger partial charge in [-0.25, -0.2) is 9.59 Å². The van der Waals surface area contributed by atoms with Crippen LogP contribution in [0.1, 0.15) is 31.8 Å². The van der Waals surface area contributed by atoms with Crippen LogP contribution < -0.4 is 0 Å². The number of hydrogen-bond donors (Lipinski definition) is 0. The Morgan fingerprint density at radius 2 is 1.11 bits per heavy atom. The van der Waals surface area contributed by atoms with E-state index in [1.165, 1.54) is 22.0 Å². The van der Waals surface area contributed by atoms with Crippen molar-refractivity contribution in [1.82, 2.24) is 40.4 Å². The molecular weight excluding hydrogens is 464 g/mol. The molecule has 0 unspecified atom stereocenters. The molecule has 5 aromatic rings. The molecule has 2 heterocycles. The first kappa shape index (κ1) is 22.5. The van der Waals surface area contributed by atoms with Crippen molar-refractivity contribution in [3.8, 4) is 11.4 Å². The van der Waals surface area contributed by atoms with E-state index in [-0.39, 0.29) is 13.2 Å². The molecule has 0 radical (unpaired) electrons.